The molecule has 2 heterocycles. The maximum Gasteiger partial charge on any atom is 0.405 e. The SMILES string of the molecule is O=C(O)N[C@@H](Cc1ccc(C2CC(=O)NS2(O)O)cc1)c1nc2ccccc2[nH]1. The third-order valence-corrected chi connectivity index (χ3v) is 6.62. The average Bonchev–Trinajstić information content (AvgIpc) is 3.21. The van der Waals surface area contributed by atoms with Crippen LogP contribution in [0.5, 0.6) is 0 Å². The smallest absolute Gasteiger partial charge is 0.405 e. The van der Waals surface area contributed by atoms with Crippen LogP contribution in [-0.4, -0.2) is 36.2 Å². The van der Waals surface area contributed by atoms with E-state index in [0.717, 1.165) is 16.6 Å². The second kappa shape index (κ2) is 7.39. The monoisotopic (exact) mass is 416 g/mol. The summed E-state index contributed by atoms with van der Waals surface area (Å²) < 4.78 is 22.3. The molecule has 1 aliphatic rings. The van der Waals surface area contributed by atoms with Gasteiger partial charge in [-0.25, -0.2) is 9.78 Å². The number of hydrogen-bond donors (Lipinski definition) is 6. The fraction of sp³-hybridized carbons (Fsp3) is 0.211. The Labute approximate surface area is 167 Å². The minimum atomic E-state index is -3.20. The summed E-state index contributed by atoms with van der Waals surface area (Å²) >= 11 is 0. The second-order valence-corrected chi connectivity index (χ2v) is 8.86. The summed E-state index contributed by atoms with van der Waals surface area (Å²) in [7, 11) is -3.20. The summed E-state index contributed by atoms with van der Waals surface area (Å²) in [6, 6.07) is 13.9. The van der Waals surface area contributed by atoms with Gasteiger partial charge in [-0.15, -0.1) is 10.8 Å². The first-order valence-electron chi connectivity index (χ1n) is 8.92. The van der Waals surface area contributed by atoms with Crippen molar-refractivity contribution in [3.8, 4) is 0 Å². The average molecular weight is 416 g/mol. The second-order valence-electron chi connectivity index (χ2n) is 6.90. The molecule has 9 nitrogen and oxygen atoms in total. The molecule has 2 atom stereocenters. The van der Waals surface area contributed by atoms with Crippen molar-refractivity contribution in [3.05, 3.63) is 65.5 Å². The Kier molecular flexibility index (Phi) is 4.91. The number of carbonyl (C=O) groups is 2. The minimum absolute atomic E-state index is 0.0177. The highest BCUT2D eigenvalue weighted by molar-refractivity contribution is 8.23. The lowest BCUT2D eigenvalue weighted by molar-refractivity contribution is -0.118. The molecular formula is C19H20N4O5S. The van der Waals surface area contributed by atoms with E-state index < -0.39 is 34.1 Å². The number of aromatic amines is 1. The number of carbonyl (C=O) groups excluding carboxylic acids is 1. The van der Waals surface area contributed by atoms with Gasteiger partial charge in [0, 0.05) is 6.42 Å². The van der Waals surface area contributed by atoms with Crippen molar-refractivity contribution in [3.63, 3.8) is 0 Å². The molecule has 6 N–H and O–H groups in total. The van der Waals surface area contributed by atoms with E-state index in [2.05, 4.69) is 20.0 Å². The van der Waals surface area contributed by atoms with Gasteiger partial charge in [0.2, 0.25) is 5.91 Å². The Hall–Kier alpha value is -3.08. The number of rotatable bonds is 5. The number of fused-ring (bicyclic) bond motifs is 1. The van der Waals surface area contributed by atoms with Crippen LogP contribution in [0.1, 0.15) is 34.7 Å². The third kappa shape index (κ3) is 4.04. The molecule has 2 aromatic carbocycles. The van der Waals surface area contributed by atoms with Crippen LogP contribution in [0.15, 0.2) is 48.5 Å². The normalized spacial score (nSPS) is 20.2. The minimum Gasteiger partial charge on any atom is -0.465 e. The number of imidazole rings is 1. The number of carboxylic acid groups (broad SMARTS) is 1. The van der Waals surface area contributed by atoms with Crippen molar-refractivity contribution in [2.75, 3.05) is 0 Å². The number of nitrogens with zero attached hydrogens (tertiary/aromatic N) is 1. The molecule has 152 valence electrons. The van der Waals surface area contributed by atoms with Crippen molar-refractivity contribution in [1.29, 1.82) is 0 Å². The molecule has 1 fully saturated rings. The van der Waals surface area contributed by atoms with Crippen LogP contribution in [0.3, 0.4) is 0 Å². The van der Waals surface area contributed by atoms with Crippen LogP contribution in [0.4, 0.5) is 4.79 Å². The molecule has 1 unspecified atom stereocenters. The molecule has 0 radical (unpaired) electrons. The predicted molar refractivity (Wildman–Crippen MR) is 108 cm³/mol. The standard InChI is InChI=1S/C19H20N4O5S/c24-17-10-16(29(27,28)23-17)12-7-5-11(6-8-12)9-15(22-19(25)26)18-20-13-3-1-2-4-14(13)21-18/h1-8,15-16,22,27-28H,9-10H2,(H,20,21)(H,23,24)(H,25,26)/t15-,16?/m0/s1. The van der Waals surface area contributed by atoms with Gasteiger partial charge in [-0.1, -0.05) is 36.4 Å². The lowest BCUT2D eigenvalue weighted by Crippen LogP contribution is -2.29. The maximum absolute atomic E-state index is 11.5. The van der Waals surface area contributed by atoms with Crippen LogP contribution in [0.2, 0.25) is 0 Å². The van der Waals surface area contributed by atoms with Gasteiger partial charge in [-0.05, 0) is 23.3 Å². The van der Waals surface area contributed by atoms with Gasteiger partial charge in [0.15, 0.2) is 0 Å². The zero-order chi connectivity index (χ0) is 20.6. The van der Waals surface area contributed by atoms with Crippen molar-refractivity contribution >= 4 is 33.8 Å². The van der Waals surface area contributed by atoms with Crippen molar-refractivity contribution in [2.24, 2.45) is 0 Å². The Morgan fingerprint density at radius 3 is 2.55 bits per heavy atom. The molecular weight excluding hydrogens is 396 g/mol. The van der Waals surface area contributed by atoms with E-state index in [4.69, 9.17) is 0 Å². The van der Waals surface area contributed by atoms with E-state index in [1.165, 1.54) is 0 Å². The Morgan fingerprint density at radius 1 is 1.21 bits per heavy atom. The highest BCUT2D eigenvalue weighted by atomic mass is 32.3. The van der Waals surface area contributed by atoms with Gasteiger partial charge in [0.25, 0.3) is 0 Å². The molecule has 1 aliphatic heterocycles. The van der Waals surface area contributed by atoms with Crippen LogP contribution >= 0.6 is 10.8 Å². The Balaban J connectivity index is 1.56. The molecule has 29 heavy (non-hydrogen) atoms. The number of amides is 2. The first-order chi connectivity index (χ1) is 13.8. The Bertz CT molecular complexity index is 1030. The molecule has 3 aromatic rings. The van der Waals surface area contributed by atoms with Crippen molar-refractivity contribution in [2.45, 2.75) is 24.1 Å². The van der Waals surface area contributed by atoms with E-state index in [1.807, 2.05) is 24.3 Å². The van der Waals surface area contributed by atoms with Crippen LogP contribution in [0.25, 0.3) is 11.0 Å². The number of hydrogen-bond acceptors (Lipinski definition) is 5. The maximum atomic E-state index is 11.5. The predicted octanol–water partition coefficient (Wildman–Crippen LogP) is 3.34. The molecule has 10 heteroatoms. The van der Waals surface area contributed by atoms with E-state index in [-0.39, 0.29) is 6.42 Å². The highest BCUT2D eigenvalue weighted by Gasteiger charge is 2.37. The third-order valence-electron chi connectivity index (χ3n) is 4.86. The Morgan fingerprint density at radius 2 is 1.93 bits per heavy atom. The molecule has 4 rings (SSSR count). The van der Waals surface area contributed by atoms with E-state index in [9.17, 15) is 23.8 Å². The van der Waals surface area contributed by atoms with Crippen molar-refractivity contribution in [1.82, 2.24) is 20.0 Å². The number of nitrogens with one attached hydrogen (secondary N) is 3. The summed E-state index contributed by atoms with van der Waals surface area (Å²) in [5.41, 5.74) is 3.04. The lowest BCUT2D eigenvalue weighted by Gasteiger charge is -2.32. The van der Waals surface area contributed by atoms with Gasteiger partial charge in [-0.3, -0.25) is 18.6 Å². The zero-order valence-corrected chi connectivity index (χ0v) is 16.0. The highest BCUT2D eigenvalue weighted by Crippen LogP contribution is 2.56. The first-order valence-corrected chi connectivity index (χ1v) is 10.5. The van der Waals surface area contributed by atoms with E-state index in [0.29, 0.717) is 17.8 Å². The van der Waals surface area contributed by atoms with Crippen LogP contribution in [0, 0.1) is 0 Å². The molecule has 2 amide bonds. The number of benzene rings is 2. The fourth-order valence-electron chi connectivity index (χ4n) is 3.48. The number of H-pyrrole nitrogens is 1. The van der Waals surface area contributed by atoms with Gasteiger partial charge in [-0.2, -0.15) is 0 Å². The van der Waals surface area contributed by atoms with Gasteiger partial charge in [0.05, 0.1) is 23.5 Å². The van der Waals surface area contributed by atoms with Crippen LogP contribution < -0.4 is 10.0 Å². The summed E-state index contributed by atoms with van der Waals surface area (Å²) in [5, 5.41) is 11.0. The molecule has 1 aromatic heterocycles. The van der Waals surface area contributed by atoms with E-state index >= 15 is 0 Å². The summed E-state index contributed by atoms with van der Waals surface area (Å²) in [6.07, 6.45) is -0.787. The molecule has 0 bridgehead atoms. The lowest BCUT2D eigenvalue weighted by atomic mass is 10.0. The fourth-order valence-corrected chi connectivity index (χ4v) is 4.96. The topological polar surface area (TPSA) is 148 Å². The van der Waals surface area contributed by atoms with Crippen LogP contribution in [-0.2, 0) is 11.2 Å². The molecule has 0 aliphatic carbocycles. The largest absolute Gasteiger partial charge is 0.465 e. The van der Waals surface area contributed by atoms with Gasteiger partial charge in [0.1, 0.15) is 11.1 Å². The first kappa shape index (κ1) is 19.2. The summed E-state index contributed by atoms with van der Waals surface area (Å²) in [6.45, 7) is 0. The van der Waals surface area contributed by atoms with Crippen molar-refractivity contribution < 1.29 is 23.8 Å². The van der Waals surface area contributed by atoms with E-state index in [1.54, 1.807) is 24.3 Å². The number of para-hydroxylation sites is 2. The summed E-state index contributed by atoms with van der Waals surface area (Å²) in [5.74, 6) is 0.118. The summed E-state index contributed by atoms with van der Waals surface area (Å²) in [4.78, 5) is 30.4. The van der Waals surface area contributed by atoms with Gasteiger partial charge >= 0.3 is 6.09 Å². The zero-order valence-electron chi connectivity index (χ0n) is 15.2. The molecule has 0 saturated carbocycles. The number of aromatic nitrogens is 2. The van der Waals surface area contributed by atoms with Gasteiger partial charge < -0.3 is 15.4 Å². The quantitative estimate of drug-likeness (QED) is 0.376. The molecule has 1 saturated heterocycles. The molecule has 0 spiro atoms.